The van der Waals surface area contributed by atoms with Crippen molar-refractivity contribution in [2.75, 3.05) is 5.32 Å². The van der Waals surface area contributed by atoms with Crippen LogP contribution < -0.4 is 11.1 Å². The van der Waals surface area contributed by atoms with Crippen molar-refractivity contribution in [3.63, 3.8) is 0 Å². The molecule has 22 heavy (non-hydrogen) atoms. The summed E-state index contributed by atoms with van der Waals surface area (Å²) >= 11 is 5.91. The Hall–Kier alpha value is -2.60. The van der Waals surface area contributed by atoms with Crippen LogP contribution in [0.1, 0.15) is 15.9 Å². The fourth-order valence-corrected chi connectivity index (χ4v) is 2.49. The largest absolute Gasteiger partial charge is 0.366 e. The topological polar surface area (TPSA) is 83.8 Å². The van der Waals surface area contributed by atoms with Gasteiger partial charge in [-0.3, -0.25) is 4.79 Å². The summed E-state index contributed by atoms with van der Waals surface area (Å²) in [6.07, 6.45) is 1.36. The molecule has 0 fully saturated rings. The van der Waals surface area contributed by atoms with E-state index in [-0.39, 0.29) is 16.8 Å². The van der Waals surface area contributed by atoms with Crippen LogP contribution >= 0.6 is 11.6 Å². The minimum absolute atomic E-state index is 0.00229. The number of H-pyrrole nitrogens is 1. The molecule has 0 bridgehead atoms. The number of rotatable bonds is 3. The van der Waals surface area contributed by atoms with Gasteiger partial charge >= 0.3 is 0 Å². The molecule has 0 radical (unpaired) electrons. The average Bonchev–Trinajstić information content (AvgIpc) is 2.92. The van der Waals surface area contributed by atoms with Crippen molar-refractivity contribution in [1.82, 2.24) is 9.97 Å². The highest BCUT2D eigenvalue weighted by atomic mass is 35.5. The van der Waals surface area contributed by atoms with E-state index in [2.05, 4.69) is 15.3 Å². The van der Waals surface area contributed by atoms with Crippen molar-refractivity contribution in [2.24, 2.45) is 5.73 Å². The van der Waals surface area contributed by atoms with Gasteiger partial charge in [-0.1, -0.05) is 11.6 Å². The number of carbonyl (C=O) groups is 1. The van der Waals surface area contributed by atoms with Crippen LogP contribution in [0.3, 0.4) is 0 Å². The Morgan fingerprint density at radius 2 is 2.18 bits per heavy atom. The number of aromatic nitrogens is 2. The summed E-state index contributed by atoms with van der Waals surface area (Å²) in [5, 5.41) is 3.48. The quantitative estimate of drug-likeness (QED) is 0.691. The molecule has 1 amide bonds. The van der Waals surface area contributed by atoms with E-state index in [1.807, 2.05) is 6.92 Å². The molecule has 0 aliphatic heterocycles. The van der Waals surface area contributed by atoms with Crippen molar-refractivity contribution in [3.8, 4) is 0 Å². The third-order valence-electron chi connectivity index (χ3n) is 3.37. The Balaban J connectivity index is 2.18. The Bertz CT molecular complexity index is 891. The van der Waals surface area contributed by atoms with Crippen molar-refractivity contribution >= 4 is 39.9 Å². The maximum Gasteiger partial charge on any atom is 0.251 e. The van der Waals surface area contributed by atoms with E-state index in [9.17, 15) is 9.18 Å². The van der Waals surface area contributed by atoms with E-state index < -0.39 is 11.7 Å². The highest BCUT2D eigenvalue weighted by molar-refractivity contribution is 6.30. The number of aromatic amines is 1. The van der Waals surface area contributed by atoms with Crippen molar-refractivity contribution < 1.29 is 9.18 Å². The molecule has 0 spiro atoms. The molecule has 3 rings (SSSR count). The van der Waals surface area contributed by atoms with E-state index in [0.717, 1.165) is 5.56 Å². The van der Waals surface area contributed by atoms with Crippen LogP contribution in [0.4, 0.5) is 15.8 Å². The van der Waals surface area contributed by atoms with Gasteiger partial charge in [-0.15, -0.1) is 0 Å². The van der Waals surface area contributed by atoms with Crippen LogP contribution in [0.15, 0.2) is 30.6 Å². The van der Waals surface area contributed by atoms with Gasteiger partial charge in [-0.05, 0) is 36.8 Å². The molecule has 1 heterocycles. The van der Waals surface area contributed by atoms with Crippen LogP contribution in [0.2, 0.25) is 5.02 Å². The zero-order chi connectivity index (χ0) is 15.9. The van der Waals surface area contributed by atoms with Crippen molar-refractivity contribution in [3.05, 3.63) is 52.6 Å². The van der Waals surface area contributed by atoms with Crippen molar-refractivity contribution in [2.45, 2.75) is 6.92 Å². The number of amides is 1. The molecule has 0 aliphatic rings. The Morgan fingerprint density at radius 3 is 2.86 bits per heavy atom. The third-order valence-corrected chi connectivity index (χ3v) is 3.60. The molecule has 3 aromatic rings. The van der Waals surface area contributed by atoms with Gasteiger partial charge in [-0.25, -0.2) is 9.37 Å². The normalized spacial score (nSPS) is 10.9. The maximum atomic E-state index is 14.6. The minimum Gasteiger partial charge on any atom is -0.366 e. The standard InChI is InChI=1S/C15H12ClFN4O/c1-7-4-8(16)2-3-10(7)21-13-9(15(18)22)5-11-14(12(13)17)20-6-19-11/h2-6,21H,1H3,(H2,18,22)(H,19,20). The van der Waals surface area contributed by atoms with Gasteiger partial charge in [0, 0.05) is 10.7 Å². The Labute approximate surface area is 130 Å². The van der Waals surface area contributed by atoms with E-state index >= 15 is 0 Å². The zero-order valence-electron chi connectivity index (χ0n) is 11.6. The van der Waals surface area contributed by atoms with E-state index in [1.54, 1.807) is 18.2 Å². The maximum absolute atomic E-state index is 14.6. The summed E-state index contributed by atoms with van der Waals surface area (Å²) in [5.74, 6) is -1.37. The fraction of sp³-hybridized carbons (Fsp3) is 0.0667. The van der Waals surface area contributed by atoms with E-state index in [1.165, 1.54) is 12.4 Å². The van der Waals surface area contributed by atoms with Crippen molar-refractivity contribution in [1.29, 1.82) is 0 Å². The molecular weight excluding hydrogens is 307 g/mol. The summed E-state index contributed by atoms with van der Waals surface area (Å²) in [5.41, 5.74) is 7.38. The first-order valence-corrected chi connectivity index (χ1v) is 6.83. The highest BCUT2D eigenvalue weighted by Gasteiger charge is 2.19. The number of nitrogens with one attached hydrogen (secondary N) is 2. The smallest absolute Gasteiger partial charge is 0.251 e. The number of hydrogen-bond donors (Lipinski definition) is 3. The molecule has 0 aliphatic carbocycles. The van der Waals surface area contributed by atoms with Gasteiger partial charge in [0.2, 0.25) is 0 Å². The average molecular weight is 319 g/mol. The lowest BCUT2D eigenvalue weighted by Crippen LogP contribution is -2.15. The molecule has 1 aromatic heterocycles. The van der Waals surface area contributed by atoms with Crippen LogP contribution in [0, 0.1) is 12.7 Å². The number of hydrogen-bond acceptors (Lipinski definition) is 3. The second-order valence-electron chi connectivity index (χ2n) is 4.86. The molecule has 7 heteroatoms. The summed E-state index contributed by atoms with van der Waals surface area (Å²) < 4.78 is 14.6. The summed E-state index contributed by atoms with van der Waals surface area (Å²) in [7, 11) is 0. The number of nitrogens with two attached hydrogens (primary N) is 1. The lowest BCUT2D eigenvalue weighted by Gasteiger charge is -2.14. The van der Waals surface area contributed by atoms with Crippen LogP contribution in [-0.2, 0) is 0 Å². The predicted octanol–water partition coefficient (Wildman–Crippen LogP) is 3.51. The van der Waals surface area contributed by atoms with Gasteiger partial charge in [0.05, 0.1) is 23.1 Å². The molecular formula is C15H12ClFN4O. The second-order valence-corrected chi connectivity index (χ2v) is 5.30. The fourth-order valence-electron chi connectivity index (χ4n) is 2.26. The lowest BCUT2D eigenvalue weighted by atomic mass is 10.1. The molecule has 2 aromatic carbocycles. The molecule has 0 atom stereocenters. The number of halogens is 2. The first kappa shape index (κ1) is 14.3. The number of fused-ring (bicyclic) bond motifs is 1. The summed E-state index contributed by atoms with van der Waals surface area (Å²) in [4.78, 5) is 18.3. The minimum atomic E-state index is -0.732. The second kappa shape index (κ2) is 5.31. The predicted molar refractivity (Wildman–Crippen MR) is 84.0 cm³/mol. The van der Waals surface area contributed by atoms with Gasteiger partial charge in [0.15, 0.2) is 5.82 Å². The van der Waals surface area contributed by atoms with Gasteiger partial charge < -0.3 is 16.0 Å². The number of imidazole rings is 1. The van der Waals surface area contributed by atoms with Crippen LogP contribution in [0.25, 0.3) is 11.0 Å². The first-order chi connectivity index (χ1) is 10.5. The molecule has 0 unspecified atom stereocenters. The molecule has 112 valence electrons. The summed E-state index contributed by atoms with van der Waals surface area (Å²) in [6.45, 7) is 1.82. The highest BCUT2D eigenvalue weighted by Crippen LogP contribution is 2.31. The third kappa shape index (κ3) is 2.37. The Morgan fingerprint density at radius 1 is 1.41 bits per heavy atom. The molecule has 5 nitrogen and oxygen atoms in total. The molecule has 0 saturated carbocycles. The van der Waals surface area contributed by atoms with Crippen LogP contribution in [-0.4, -0.2) is 15.9 Å². The number of primary amides is 1. The number of aryl methyl sites for hydroxylation is 1. The zero-order valence-corrected chi connectivity index (χ0v) is 12.3. The number of anilines is 2. The number of benzene rings is 2. The van der Waals surface area contributed by atoms with E-state index in [0.29, 0.717) is 16.2 Å². The number of nitrogens with zero attached hydrogens (tertiary/aromatic N) is 1. The first-order valence-electron chi connectivity index (χ1n) is 6.46. The van der Waals surface area contributed by atoms with E-state index in [4.69, 9.17) is 17.3 Å². The van der Waals surface area contributed by atoms with Crippen LogP contribution in [0.5, 0.6) is 0 Å². The molecule has 4 N–H and O–H groups in total. The number of carbonyl (C=O) groups excluding carboxylic acids is 1. The molecule has 0 saturated heterocycles. The van der Waals surface area contributed by atoms with Gasteiger partial charge in [-0.2, -0.15) is 0 Å². The Kier molecular flexibility index (Phi) is 3.46. The SMILES string of the molecule is Cc1cc(Cl)ccc1Nc1c(C(N)=O)cc2[nH]cnc2c1F. The summed E-state index contributed by atoms with van der Waals surface area (Å²) in [6, 6.07) is 6.59. The monoisotopic (exact) mass is 318 g/mol. The lowest BCUT2D eigenvalue weighted by molar-refractivity contribution is 0.100. The van der Waals surface area contributed by atoms with Gasteiger partial charge in [0.1, 0.15) is 5.52 Å². The van der Waals surface area contributed by atoms with Gasteiger partial charge in [0.25, 0.3) is 5.91 Å².